The van der Waals surface area contributed by atoms with E-state index in [1.807, 2.05) is 0 Å². The highest BCUT2D eigenvalue weighted by molar-refractivity contribution is 4.63. The van der Waals surface area contributed by atoms with Crippen LogP contribution in [-0.2, 0) is 14.2 Å². The van der Waals surface area contributed by atoms with E-state index in [9.17, 15) is 0 Å². The molecule has 1 atom stereocenters. The van der Waals surface area contributed by atoms with E-state index in [0.717, 1.165) is 32.8 Å². The molecular formula is C13H29NO3. The van der Waals surface area contributed by atoms with Gasteiger partial charge >= 0.3 is 0 Å². The molecule has 0 bridgehead atoms. The lowest BCUT2D eigenvalue weighted by atomic mass is 10.2. The van der Waals surface area contributed by atoms with Crippen LogP contribution in [0.2, 0.25) is 0 Å². The molecule has 0 fully saturated rings. The van der Waals surface area contributed by atoms with Crippen LogP contribution in [-0.4, -0.2) is 52.7 Å². The molecule has 0 aromatic heterocycles. The van der Waals surface area contributed by atoms with E-state index in [2.05, 4.69) is 19.2 Å². The highest BCUT2D eigenvalue weighted by atomic mass is 16.5. The first-order valence-corrected chi connectivity index (χ1v) is 6.72. The van der Waals surface area contributed by atoms with Crippen LogP contribution in [0.4, 0.5) is 0 Å². The lowest BCUT2D eigenvalue weighted by Gasteiger charge is -2.17. The minimum atomic E-state index is 0.499. The van der Waals surface area contributed by atoms with E-state index in [0.29, 0.717) is 19.3 Å². The Balaban J connectivity index is 3.23. The molecule has 0 aromatic rings. The van der Waals surface area contributed by atoms with Gasteiger partial charge in [-0.15, -0.1) is 0 Å². The molecule has 0 saturated heterocycles. The van der Waals surface area contributed by atoms with Gasteiger partial charge in [-0.3, -0.25) is 0 Å². The van der Waals surface area contributed by atoms with Gasteiger partial charge in [0.1, 0.15) is 0 Å². The maximum Gasteiger partial charge on any atom is 0.0700 e. The maximum atomic E-state index is 5.63. The van der Waals surface area contributed by atoms with Crippen molar-refractivity contribution in [3.8, 4) is 0 Å². The molecular weight excluding hydrogens is 218 g/mol. The quantitative estimate of drug-likeness (QED) is 0.504. The van der Waals surface area contributed by atoms with Gasteiger partial charge in [0.25, 0.3) is 0 Å². The van der Waals surface area contributed by atoms with Gasteiger partial charge < -0.3 is 19.5 Å². The van der Waals surface area contributed by atoms with Crippen molar-refractivity contribution in [3.05, 3.63) is 0 Å². The van der Waals surface area contributed by atoms with E-state index >= 15 is 0 Å². The minimum Gasteiger partial charge on any atom is -0.382 e. The van der Waals surface area contributed by atoms with E-state index in [4.69, 9.17) is 14.2 Å². The first kappa shape index (κ1) is 16.8. The van der Waals surface area contributed by atoms with Gasteiger partial charge in [-0.2, -0.15) is 0 Å². The van der Waals surface area contributed by atoms with Gasteiger partial charge in [0.2, 0.25) is 0 Å². The van der Waals surface area contributed by atoms with Crippen LogP contribution in [0.15, 0.2) is 0 Å². The van der Waals surface area contributed by atoms with E-state index in [1.165, 1.54) is 12.8 Å². The summed E-state index contributed by atoms with van der Waals surface area (Å²) in [4.78, 5) is 0. The number of hydrogen-bond acceptors (Lipinski definition) is 4. The highest BCUT2D eigenvalue weighted by Crippen LogP contribution is 1.98. The number of rotatable bonds is 13. The van der Waals surface area contributed by atoms with Crippen LogP contribution in [0.25, 0.3) is 0 Å². The summed E-state index contributed by atoms with van der Waals surface area (Å²) in [5.41, 5.74) is 0. The molecule has 4 nitrogen and oxygen atoms in total. The second-order valence-corrected chi connectivity index (χ2v) is 4.08. The summed E-state index contributed by atoms with van der Waals surface area (Å²) in [6.07, 6.45) is 3.33. The van der Waals surface area contributed by atoms with Gasteiger partial charge in [0, 0.05) is 26.4 Å². The summed E-state index contributed by atoms with van der Waals surface area (Å²) in [7, 11) is 1.68. The molecule has 1 unspecified atom stereocenters. The Morgan fingerprint density at radius 2 is 1.76 bits per heavy atom. The molecule has 0 aliphatic carbocycles. The SMILES string of the molecule is CCCC(COCCCOCCOC)NCC. The van der Waals surface area contributed by atoms with Gasteiger partial charge in [-0.25, -0.2) is 0 Å². The van der Waals surface area contributed by atoms with Crippen LogP contribution < -0.4 is 5.32 Å². The number of hydrogen-bond donors (Lipinski definition) is 1. The normalized spacial score (nSPS) is 12.9. The zero-order chi connectivity index (χ0) is 12.8. The lowest BCUT2D eigenvalue weighted by Crippen LogP contribution is -2.33. The van der Waals surface area contributed by atoms with Gasteiger partial charge in [0.05, 0.1) is 19.8 Å². The fourth-order valence-electron chi connectivity index (χ4n) is 1.61. The number of ether oxygens (including phenoxy) is 3. The van der Waals surface area contributed by atoms with Gasteiger partial charge in [0.15, 0.2) is 0 Å². The molecule has 0 radical (unpaired) electrons. The summed E-state index contributed by atoms with van der Waals surface area (Å²) in [6, 6.07) is 0.499. The molecule has 104 valence electrons. The molecule has 1 N–H and O–H groups in total. The van der Waals surface area contributed by atoms with Crippen LogP contribution in [0, 0.1) is 0 Å². The van der Waals surface area contributed by atoms with Crippen LogP contribution in [0.1, 0.15) is 33.1 Å². The fraction of sp³-hybridized carbons (Fsp3) is 1.00. The summed E-state index contributed by atoms with van der Waals surface area (Å²) in [6.45, 7) is 9.02. The molecule has 0 aliphatic heterocycles. The Labute approximate surface area is 106 Å². The largest absolute Gasteiger partial charge is 0.382 e. The Kier molecular flexibility index (Phi) is 13.8. The summed E-state index contributed by atoms with van der Waals surface area (Å²) >= 11 is 0. The third-order valence-electron chi connectivity index (χ3n) is 2.46. The molecule has 0 amide bonds. The average Bonchev–Trinajstić information content (AvgIpc) is 2.33. The predicted octanol–water partition coefficient (Wildman–Crippen LogP) is 1.83. The first-order chi connectivity index (χ1) is 8.35. The second-order valence-electron chi connectivity index (χ2n) is 4.08. The lowest BCUT2D eigenvalue weighted by molar-refractivity contribution is 0.0470. The molecule has 0 heterocycles. The monoisotopic (exact) mass is 247 g/mol. The molecule has 0 spiro atoms. The van der Waals surface area contributed by atoms with E-state index in [1.54, 1.807) is 7.11 Å². The Morgan fingerprint density at radius 3 is 2.41 bits per heavy atom. The predicted molar refractivity (Wildman–Crippen MR) is 70.5 cm³/mol. The third kappa shape index (κ3) is 12.1. The van der Waals surface area contributed by atoms with Gasteiger partial charge in [-0.1, -0.05) is 20.3 Å². The van der Waals surface area contributed by atoms with Crippen molar-refractivity contribution in [2.24, 2.45) is 0 Å². The number of likely N-dealkylation sites (N-methyl/N-ethyl adjacent to an activating group) is 1. The standard InChI is InChI=1S/C13H29NO3/c1-4-7-13(14-5-2)12-17-9-6-8-16-11-10-15-3/h13-14H,4-12H2,1-3H3. The summed E-state index contributed by atoms with van der Waals surface area (Å²) < 4.78 is 15.9. The third-order valence-corrected chi connectivity index (χ3v) is 2.46. The van der Waals surface area contributed by atoms with Crippen molar-refractivity contribution in [1.29, 1.82) is 0 Å². The Hall–Kier alpha value is -0.160. The molecule has 17 heavy (non-hydrogen) atoms. The van der Waals surface area contributed by atoms with Crippen molar-refractivity contribution >= 4 is 0 Å². The van der Waals surface area contributed by atoms with Crippen molar-refractivity contribution in [2.75, 3.05) is 46.7 Å². The van der Waals surface area contributed by atoms with Crippen LogP contribution in [0.5, 0.6) is 0 Å². The maximum absolute atomic E-state index is 5.63. The number of methoxy groups -OCH3 is 1. The molecule has 0 aromatic carbocycles. The number of nitrogens with one attached hydrogen (secondary N) is 1. The zero-order valence-corrected chi connectivity index (χ0v) is 11.7. The first-order valence-electron chi connectivity index (χ1n) is 6.72. The van der Waals surface area contributed by atoms with E-state index < -0.39 is 0 Å². The molecule has 0 rings (SSSR count). The zero-order valence-electron chi connectivity index (χ0n) is 11.7. The Morgan fingerprint density at radius 1 is 1.00 bits per heavy atom. The van der Waals surface area contributed by atoms with Gasteiger partial charge in [-0.05, 0) is 19.4 Å². The van der Waals surface area contributed by atoms with Crippen molar-refractivity contribution in [2.45, 2.75) is 39.2 Å². The minimum absolute atomic E-state index is 0.499. The topological polar surface area (TPSA) is 39.7 Å². The fourth-order valence-corrected chi connectivity index (χ4v) is 1.61. The van der Waals surface area contributed by atoms with Crippen molar-refractivity contribution < 1.29 is 14.2 Å². The van der Waals surface area contributed by atoms with Crippen LogP contribution >= 0.6 is 0 Å². The van der Waals surface area contributed by atoms with E-state index in [-0.39, 0.29) is 0 Å². The molecule has 0 aliphatic rings. The second kappa shape index (κ2) is 13.9. The average molecular weight is 247 g/mol. The van der Waals surface area contributed by atoms with Crippen molar-refractivity contribution in [1.82, 2.24) is 5.32 Å². The smallest absolute Gasteiger partial charge is 0.0700 e. The molecule has 0 saturated carbocycles. The summed E-state index contributed by atoms with van der Waals surface area (Å²) in [5, 5.41) is 3.43. The Bertz CT molecular complexity index is 139. The van der Waals surface area contributed by atoms with Crippen LogP contribution in [0.3, 0.4) is 0 Å². The molecule has 4 heteroatoms. The van der Waals surface area contributed by atoms with Crippen molar-refractivity contribution in [3.63, 3.8) is 0 Å². The highest BCUT2D eigenvalue weighted by Gasteiger charge is 2.05. The summed E-state index contributed by atoms with van der Waals surface area (Å²) in [5.74, 6) is 0.